The molecule has 2 heterocycles. The van der Waals surface area contributed by atoms with Crippen LogP contribution in [-0.4, -0.2) is 13.2 Å². The zero-order valence-corrected chi connectivity index (χ0v) is 11.0. The van der Waals surface area contributed by atoms with Crippen LogP contribution in [-0.2, 0) is 6.54 Å². The molecule has 0 spiro atoms. The number of benzene rings is 1. The van der Waals surface area contributed by atoms with Gasteiger partial charge in [-0.3, -0.25) is 0 Å². The fourth-order valence-electron chi connectivity index (χ4n) is 1.87. The molecule has 1 aromatic heterocycles. The number of ether oxygens (including phenoxy) is 2. The summed E-state index contributed by atoms with van der Waals surface area (Å²) in [6.45, 7) is 1.89. The molecule has 0 fully saturated rings. The lowest BCUT2D eigenvalue weighted by Gasteiger charge is -2.19. The van der Waals surface area contributed by atoms with Gasteiger partial charge in [0.15, 0.2) is 11.5 Å². The highest BCUT2D eigenvalue weighted by molar-refractivity contribution is 7.10. The van der Waals surface area contributed by atoms with Crippen LogP contribution in [0.25, 0.3) is 0 Å². The van der Waals surface area contributed by atoms with Gasteiger partial charge in [0, 0.05) is 28.6 Å². The molecule has 1 aromatic carbocycles. The Morgan fingerprint density at radius 3 is 2.84 bits per heavy atom. The number of hydrogen-bond donors (Lipinski definition) is 1. The molecule has 1 aliphatic rings. The molecule has 96 valence electrons. The van der Waals surface area contributed by atoms with Gasteiger partial charge in [0.1, 0.15) is 19.3 Å². The maximum absolute atomic E-state index is 8.77. The van der Waals surface area contributed by atoms with Gasteiger partial charge in [0.05, 0.1) is 5.56 Å². The van der Waals surface area contributed by atoms with Gasteiger partial charge in [-0.25, -0.2) is 0 Å². The molecule has 0 unspecified atom stereocenters. The Balaban J connectivity index is 1.68. The van der Waals surface area contributed by atoms with Crippen molar-refractivity contribution in [2.24, 2.45) is 0 Å². The van der Waals surface area contributed by atoms with E-state index in [0.717, 1.165) is 22.1 Å². The molecule has 4 nitrogen and oxygen atoms in total. The number of thiophene rings is 1. The Labute approximate surface area is 115 Å². The van der Waals surface area contributed by atoms with Crippen molar-refractivity contribution in [3.63, 3.8) is 0 Å². The van der Waals surface area contributed by atoms with Crippen molar-refractivity contribution in [1.82, 2.24) is 0 Å². The Morgan fingerprint density at radius 2 is 2.05 bits per heavy atom. The summed E-state index contributed by atoms with van der Waals surface area (Å²) in [7, 11) is 0. The Kier molecular flexibility index (Phi) is 3.25. The van der Waals surface area contributed by atoms with Gasteiger partial charge >= 0.3 is 0 Å². The number of nitrogens with one attached hydrogen (secondary N) is 1. The van der Waals surface area contributed by atoms with Gasteiger partial charge in [-0.2, -0.15) is 5.26 Å². The largest absolute Gasteiger partial charge is 0.486 e. The number of fused-ring (bicyclic) bond motifs is 1. The quantitative estimate of drug-likeness (QED) is 0.933. The highest BCUT2D eigenvalue weighted by Gasteiger charge is 2.11. The summed E-state index contributed by atoms with van der Waals surface area (Å²) in [5.41, 5.74) is 1.69. The van der Waals surface area contributed by atoms with Crippen molar-refractivity contribution in [3.05, 3.63) is 40.1 Å². The molecule has 1 aliphatic heterocycles. The average molecular weight is 272 g/mol. The fourth-order valence-corrected chi connectivity index (χ4v) is 2.62. The second-order valence-corrected chi connectivity index (χ2v) is 5.12. The maximum atomic E-state index is 8.77. The van der Waals surface area contributed by atoms with Gasteiger partial charge in [-0.05, 0) is 18.2 Å². The zero-order valence-electron chi connectivity index (χ0n) is 10.2. The topological polar surface area (TPSA) is 54.3 Å². The Morgan fingerprint density at radius 1 is 1.21 bits per heavy atom. The van der Waals surface area contributed by atoms with Crippen LogP contribution < -0.4 is 14.8 Å². The lowest BCUT2D eigenvalue weighted by atomic mass is 10.2. The van der Waals surface area contributed by atoms with Crippen LogP contribution in [0.3, 0.4) is 0 Å². The summed E-state index contributed by atoms with van der Waals surface area (Å²) >= 11 is 1.58. The van der Waals surface area contributed by atoms with E-state index in [4.69, 9.17) is 14.7 Å². The van der Waals surface area contributed by atoms with Crippen LogP contribution in [0.5, 0.6) is 11.5 Å². The first kappa shape index (κ1) is 11.9. The SMILES string of the molecule is N#Cc1csc(CNc2ccc3c(c2)OCCO3)c1. The first-order valence-corrected chi connectivity index (χ1v) is 6.84. The molecule has 0 atom stereocenters. The normalized spacial score (nSPS) is 12.8. The van der Waals surface area contributed by atoms with E-state index in [1.165, 1.54) is 0 Å². The Hall–Kier alpha value is -2.19. The maximum Gasteiger partial charge on any atom is 0.163 e. The summed E-state index contributed by atoms with van der Waals surface area (Å²) in [5, 5.41) is 14.0. The van der Waals surface area contributed by atoms with Crippen LogP contribution in [0.4, 0.5) is 5.69 Å². The van der Waals surface area contributed by atoms with Gasteiger partial charge in [-0.1, -0.05) is 0 Å². The van der Waals surface area contributed by atoms with Gasteiger partial charge < -0.3 is 14.8 Å². The van der Waals surface area contributed by atoms with E-state index in [1.807, 2.05) is 29.6 Å². The first-order valence-electron chi connectivity index (χ1n) is 5.96. The second-order valence-electron chi connectivity index (χ2n) is 4.13. The number of nitriles is 1. The molecule has 5 heteroatoms. The van der Waals surface area contributed by atoms with E-state index < -0.39 is 0 Å². The molecule has 0 bridgehead atoms. The predicted molar refractivity (Wildman–Crippen MR) is 73.8 cm³/mol. The molecule has 0 radical (unpaired) electrons. The number of hydrogen-bond acceptors (Lipinski definition) is 5. The lowest BCUT2D eigenvalue weighted by molar-refractivity contribution is 0.171. The summed E-state index contributed by atoms with van der Waals surface area (Å²) in [5.74, 6) is 1.57. The van der Waals surface area contributed by atoms with Crippen molar-refractivity contribution in [1.29, 1.82) is 5.26 Å². The zero-order chi connectivity index (χ0) is 13.1. The van der Waals surface area contributed by atoms with Crippen molar-refractivity contribution < 1.29 is 9.47 Å². The van der Waals surface area contributed by atoms with E-state index in [1.54, 1.807) is 11.3 Å². The van der Waals surface area contributed by atoms with Crippen molar-refractivity contribution in [2.45, 2.75) is 6.54 Å². The van der Waals surface area contributed by atoms with Gasteiger partial charge in [0.2, 0.25) is 0 Å². The highest BCUT2D eigenvalue weighted by Crippen LogP contribution is 2.32. The number of rotatable bonds is 3. The standard InChI is InChI=1S/C14H12N2O2S/c15-7-10-5-12(19-9-10)8-16-11-1-2-13-14(6-11)18-4-3-17-13/h1-2,5-6,9,16H,3-4,8H2. The highest BCUT2D eigenvalue weighted by atomic mass is 32.1. The minimum Gasteiger partial charge on any atom is -0.486 e. The lowest BCUT2D eigenvalue weighted by Crippen LogP contribution is -2.15. The average Bonchev–Trinajstić information content (AvgIpc) is 2.93. The smallest absolute Gasteiger partial charge is 0.163 e. The van der Waals surface area contributed by atoms with Crippen LogP contribution in [0.1, 0.15) is 10.4 Å². The molecule has 3 rings (SSSR count). The third kappa shape index (κ3) is 2.64. The minimum absolute atomic E-state index is 0.590. The van der Waals surface area contributed by atoms with E-state index in [-0.39, 0.29) is 0 Å². The second kappa shape index (κ2) is 5.21. The van der Waals surface area contributed by atoms with E-state index >= 15 is 0 Å². The number of anilines is 1. The van der Waals surface area contributed by atoms with E-state index in [0.29, 0.717) is 25.3 Å². The predicted octanol–water partition coefficient (Wildman–Crippen LogP) is 3.00. The third-order valence-corrected chi connectivity index (χ3v) is 3.73. The summed E-state index contributed by atoms with van der Waals surface area (Å²) in [6.07, 6.45) is 0. The summed E-state index contributed by atoms with van der Waals surface area (Å²) < 4.78 is 11.0. The molecular weight excluding hydrogens is 260 g/mol. The van der Waals surface area contributed by atoms with Crippen LogP contribution >= 0.6 is 11.3 Å². The molecule has 19 heavy (non-hydrogen) atoms. The van der Waals surface area contributed by atoms with Gasteiger partial charge in [0.25, 0.3) is 0 Å². The monoisotopic (exact) mass is 272 g/mol. The van der Waals surface area contributed by atoms with Crippen molar-refractivity contribution in [2.75, 3.05) is 18.5 Å². The van der Waals surface area contributed by atoms with Crippen molar-refractivity contribution >= 4 is 17.0 Å². The van der Waals surface area contributed by atoms with Crippen LogP contribution in [0.15, 0.2) is 29.6 Å². The molecule has 2 aromatic rings. The molecule has 0 saturated heterocycles. The van der Waals surface area contributed by atoms with Crippen LogP contribution in [0.2, 0.25) is 0 Å². The Bertz CT molecular complexity index is 631. The molecular formula is C14H12N2O2S. The molecule has 0 saturated carbocycles. The van der Waals surface area contributed by atoms with Crippen molar-refractivity contribution in [3.8, 4) is 17.6 Å². The molecule has 1 N–H and O–H groups in total. The van der Waals surface area contributed by atoms with E-state index in [9.17, 15) is 0 Å². The third-order valence-electron chi connectivity index (χ3n) is 2.79. The van der Waals surface area contributed by atoms with Crippen LogP contribution in [0, 0.1) is 11.3 Å². The minimum atomic E-state index is 0.590. The molecule has 0 amide bonds. The summed E-state index contributed by atoms with van der Waals surface area (Å²) in [4.78, 5) is 1.13. The number of nitrogens with zero attached hydrogens (tertiary/aromatic N) is 1. The first-order chi connectivity index (χ1) is 9.35. The summed E-state index contributed by atoms with van der Waals surface area (Å²) in [6, 6.07) is 9.84. The molecule has 0 aliphatic carbocycles. The fraction of sp³-hybridized carbons (Fsp3) is 0.214. The van der Waals surface area contributed by atoms with E-state index in [2.05, 4.69) is 11.4 Å². The van der Waals surface area contributed by atoms with Gasteiger partial charge in [-0.15, -0.1) is 11.3 Å².